The van der Waals surface area contributed by atoms with Gasteiger partial charge < -0.3 is 4.42 Å². The van der Waals surface area contributed by atoms with E-state index in [1.807, 2.05) is 0 Å². The molecule has 0 N–H and O–H groups in total. The fourth-order valence-electron chi connectivity index (χ4n) is 1.59. The highest BCUT2D eigenvalue weighted by Gasteiger charge is 2.49. The first-order valence-corrected chi connectivity index (χ1v) is 5.27. The Labute approximate surface area is 85.4 Å². The number of carbonyl (C=O) groups is 1. The highest BCUT2D eigenvalue weighted by atomic mass is 79.9. The molecule has 1 aliphatic rings. The molecule has 1 aliphatic carbocycles. The summed E-state index contributed by atoms with van der Waals surface area (Å²) in [7, 11) is 0. The van der Waals surface area contributed by atoms with Crippen molar-refractivity contribution in [2.24, 2.45) is 5.41 Å². The molecule has 1 aromatic heterocycles. The minimum atomic E-state index is -0.0860. The normalized spacial score (nSPS) is 18.6. The predicted octanol–water partition coefficient (Wildman–Crippen LogP) is 3.42. The maximum Gasteiger partial charge on any atom is 0.204 e. The van der Waals surface area contributed by atoms with Gasteiger partial charge in [0.15, 0.2) is 10.4 Å². The van der Waals surface area contributed by atoms with Crippen LogP contribution in [0.1, 0.15) is 36.7 Å². The molecule has 70 valence electrons. The molecule has 1 aromatic rings. The molecule has 0 aliphatic heterocycles. The molecule has 3 heteroatoms. The van der Waals surface area contributed by atoms with Crippen molar-refractivity contribution in [1.82, 2.24) is 0 Å². The van der Waals surface area contributed by atoms with E-state index >= 15 is 0 Å². The fraction of sp³-hybridized carbons (Fsp3) is 0.500. The summed E-state index contributed by atoms with van der Waals surface area (Å²) in [6, 6.07) is 3.50. The first kappa shape index (κ1) is 9.00. The molecule has 2 rings (SSSR count). The van der Waals surface area contributed by atoms with Crippen LogP contribution in [0.4, 0.5) is 0 Å². The first-order chi connectivity index (χ1) is 6.18. The molecule has 0 amide bonds. The van der Waals surface area contributed by atoms with E-state index in [1.165, 1.54) is 0 Å². The molecule has 0 saturated heterocycles. The number of rotatable bonds is 3. The molecule has 0 spiro atoms. The molecule has 1 heterocycles. The van der Waals surface area contributed by atoms with E-state index in [0.717, 1.165) is 19.3 Å². The molecule has 0 atom stereocenters. The van der Waals surface area contributed by atoms with Gasteiger partial charge in [-0.1, -0.05) is 6.92 Å². The lowest BCUT2D eigenvalue weighted by Gasteiger charge is -2.07. The Morgan fingerprint density at radius 3 is 2.69 bits per heavy atom. The van der Waals surface area contributed by atoms with Crippen LogP contribution in [0.2, 0.25) is 0 Å². The molecule has 1 fully saturated rings. The number of furan rings is 1. The lowest BCUT2D eigenvalue weighted by molar-refractivity contribution is 0.0866. The highest BCUT2D eigenvalue weighted by Crippen LogP contribution is 2.51. The van der Waals surface area contributed by atoms with Crippen LogP contribution in [0.3, 0.4) is 0 Å². The number of Topliss-reactive ketones (excluding diaryl/α,β-unsaturated/α-hetero) is 1. The number of halogens is 1. The highest BCUT2D eigenvalue weighted by molar-refractivity contribution is 9.10. The SMILES string of the molecule is CCC1(C(=O)c2ccc(Br)o2)CC1. The third kappa shape index (κ3) is 1.46. The van der Waals surface area contributed by atoms with Gasteiger partial charge in [-0.2, -0.15) is 0 Å². The van der Waals surface area contributed by atoms with Crippen molar-refractivity contribution >= 4 is 21.7 Å². The van der Waals surface area contributed by atoms with E-state index in [1.54, 1.807) is 12.1 Å². The number of hydrogen-bond donors (Lipinski definition) is 0. The van der Waals surface area contributed by atoms with Crippen LogP contribution in [0.5, 0.6) is 0 Å². The van der Waals surface area contributed by atoms with Gasteiger partial charge in [0, 0.05) is 5.41 Å². The quantitative estimate of drug-likeness (QED) is 0.761. The fourth-order valence-corrected chi connectivity index (χ4v) is 1.90. The lowest BCUT2D eigenvalue weighted by Crippen LogP contribution is -2.13. The maximum atomic E-state index is 11.9. The van der Waals surface area contributed by atoms with Crippen LogP contribution in [0.15, 0.2) is 21.2 Å². The molecule has 0 radical (unpaired) electrons. The van der Waals surface area contributed by atoms with Crippen molar-refractivity contribution < 1.29 is 9.21 Å². The van der Waals surface area contributed by atoms with Gasteiger partial charge >= 0.3 is 0 Å². The Bertz CT molecular complexity index is 336. The largest absolute Gasteiger partial charge is 0.446 e. The third-order valence-electron chi connectivity index (χ3n) is 2.81. The average Bonchev–Trinajstić information content (AvgIpc) is 2.82. The van der Waals surface area contributed by atoms with E-state index in [2.05, 4.69) is 22.9 Å². The Kier molecular flexibility index (Phi) is 2.06. The monoisotopic (exact) mass is 242 g/mol. The zero-order chi connectivity index (χ0) is 9.47. The maximum absolute atomic E-state index is 11.9. The standard InChI is InChI=1S/C10H11BrO2/c1-2-10(5-6-10)9(12)7-3-4-8(11)13-7/h3-4H,2,5-6H2,1H3. The number of carbonyl (C=O) groups excluding carboxylic acids is 1. The molecular formula is C10H11BrO2. The van der Waals surface area contributed by atoms with Crippen molar-refractivity contribution in [2.75, 3.05) is 0 Å². The Morgan fingerprint density at radius 2 is 2.31 bits per heavy atom. The van der Waals surface area contributed by atoms with Gasteiger partial charge in [-0.3, -0.25) is 4.79 Å². The predicted molar refractivity (Wildman–Crippen MR) is 52.7 cm³/mol. The summed E-state index contributed by atoms with van der Waals surface area (Å²) < 4.78 is 5.87. The number of hydrogen-bond acceptors (Lipinski definition) is 2. The summed E-state index contributed by atoms with van der Waals surface area (Å²) in [5.41, 5.74) is -0.0860. The van der Waals surface area contributed by atoms with Crippen molar-refractivity contribution in [2.45, 2.75) is 26.2 Å². The van der Waals surface area contributed by atoms with Gasteiger partial charge in [-0.05, 0) is 47.3 Å². The molecule has 13 heavy (non-hydrogen) atoms. The van der Waals surface area contributed by atoms with Crippen molar-refractivity contribution in [3.8, 4) is 0 Å². The summed E-state index contributed by atoms with van der Waals surface area (Å²) in [5, 5.41) is 0. The van der Waals surface area contributed by atoms with Crippen molar-refractivity contribution in [1.29, 1.82) is 0 Å². The topological polar surface area (TPSA) is 30.2 Å². The van der Waals surface area contributed by atoms with Crippen LogP contribution in [0.25, 0.3) is 0 Å². The van der Waals surface area contributed by atoms with E-state index in [0.29, 0.717) is 10.4 Å². The Morgan fingerprint density at radius 1 is 1.62 bits per heavy atom. The van der Waals surface area contributed by atoms with Crippen molar-refractivity contribution in [3.63, 3.8) is 0 Å². The van der Waals surface area contributed by atoms with Gasteiger partial charge in [0.1, 0.15) is 0 Å². The van der Waals surface area contributed by atoms with E-state index in [-0.39, 0.29) is 11.2 Å². The summed E-state index contributed by atoms with van der Waals surface area (Å²) in [6.07, 6.45) is 2.95. The van der Waals surface area contributed by atoms with Crippen LogP contribution in [-0.2, 0) is 0 Å². The minimum Gasteiger partial charge on any atom is -0.446 e. The van der Waals surface area contributed by atoms with Gasteiger partial charge in [0.25, 0.3) is 0 Å². The molecule has 0 bridgehead atoms. The van der Waals surface area contributed by atoms with Crippen LogP contribution >= 0.6 is 15.9 Å². The molecule has 0 aromatic carbocycles. The number of ketones is 1. The molecule has 1 saturated carbocycles. The first-order valence-electron chi connectivity index (χ1n) is 4.48. The second-order valence-corrected chi connectivity index (χ2v) is 4.35. The summed E-state index contributed by atoms with van der Waals surface area (Å²) in [6.45, 7) is 2.06. The lowest BCUT2D eigenvalue weighted by atomic mass is 9.96. The van der Waals surface area contributed by atoms with Gasteiger partial charge in [-0.25, -0.2) is 0 Å². The van der Waals surface area contributed by atoms with Crippen LogP contribution in [0, 0.1) is 5.41 Å². The Hall–Kier alpha value is -0.570. The summed E-state index contributed by atoms with van der Waals surface area (Å²) in [5.74, 6) is 0.659. The molecular weight excluding hydrogens is 232 g/mol. The van der Waals surface area contributed by atoms with E-state index in [9.17, 15) is 4.79 Å². The van der Waals surface area contributed by atoms with Gasteiger partial charge in [0.05, 0.1) is 0 Å². The van der Waals surface area contributed by atoms with E-state index < -0.39 is 0 Å². The third-order valence-corrected chi connectivity index (χ3v) is 3.24. The van der Waals surface area contributed by atoms with Crippen molar-refractivity contribution in [3.05, 3.63) is 22.6 Å². The minimum absolute atomic E-state index is 0.0860. The summed E-state index contributed by atoms with van der Waals surface area (Å²) in [4.78, 5) is 11.9. The van der Waals surface area contributed by atoms with Gasteiger partial charge in [-0.15, -0.1) is 0 Å². The average molecular weight is 243 g/mol. The zero-order valence-corrected chi connectivity index (χ0v) is 9.06. The second kappa shape index (κ2) is 2.98. The second-order valence-electron chi connectivity index (χ2n) is 3.57. The Balaban J connectivity index is 2.23. The molecule has 0 unspecified atom stereocenters. The summed E-state index contributed by atoms with van der Waals surface area (Å²) >= 11 is 3.19. The van der Waals surface area contributed by atoms with Crippen LogP contribution in [-0.4, -0.2) is 5.78 Å². The smallest absolute Gasteiger partial charge is 0.204 e. The molecule has 2 nitrogen and oxygen atoms in total. The van der Waals surface area contributed by atoms with E-state index in [4.69, 9.17) is 4.42 Å². The van der Waals surface area contributed by atoms with Crippen LogP contribution < -0.4 is 0 Å². The van der Waals surface area contributed by atoms with Gasteiger partial charge in [0.2, 0.25) is 5.78 Å². The zero-order valence-electron chi connectivity index (χ0n) is 7.47.